The highest BCUT2D eigenvalue weighted by Gasteiger charge is 2.42. The lowest BCUT2D eigenvalue weighted by Gasteiger charge is -2.24. The van der Waals surface area contributed by atoms with Gasteiger partial charge in [-0.15, -0.1) is 0 Å². The third kappa shape index (κ3) is 2.97. The number of hydrogen-bond donors (Lipinski definition) is 1. The summed E-state index contributed by atoms with van der Waals surface area (Å²) in [6, 6.07) is 0.111. The van der Waals surface area contributed by atoms with Crippen LogP contribution in [0.2, 0.25) is 0 Å². The van der Waals surface area contributed by atoms with Gasteiger partial charge in [0.15, 0.2) is 0 Å². The molecule has 4 nitrogen and oxygen atoms in total. The van der Waals surface area contributed by atoms with Crippen LogP contribution in [-0.2, 0) is 9.59 Å². The average molecular weight is 284 g/mol. The van der Waals surface area contributed by atoms with Crippen LogP contribution in [-0.4, -0.2) is 46.3 Å². The molecular formula is C14H24N2O2S. The molecule has 2 aliphatic rings. The van der Waals surface area contributed by atoms with Gasteiger partial charge in [-0.1, -0.05) is 13.3 Å². The fraction of sp³-hybridized carbons (Fsp3) is 0.857. The largest absolute Gasteiger partial charge is 0.302 e. The van der Waals surface area contributed by atoms with E-state index in [0.717, 1.165) is 12.8 Å². The van der Waals surface area contributed by atoms with Crippen molar-refractivity contribution in [3.8, 4) is 0 Å². The summed E-state index contributed by atoms with van der Waals surface area (Å²) in [4.78, 5) is 25.8. The first-order valence-corrected chi connectivity index (χ1v) is 8.52. The maximum atomic E-state index is 12.3. The van der Waals surface area contributed by atoms with E-state index in [1.54, 1.807) is 0 Å². The highest BCUT2D eigenvalue weighted by molar-refractivity contribution is 7.99. The van der Waals surface area contributed by atoms with Crippen LogP contribution in [0.25, 0.3) is 0 Å². The monoisotopic (exact) mass is 284 g/mol. The molecule has 1 aliphatic heterocycles. The Labute approximate surface area is 119 Å². The van der Waals surface area contributed by atoms with Gasteiger partial charge in [-0.3, -0.25) is 14.5 Å². The number of likely N-dealkylation sites (tertiary alicyclic amines) is 1. The minimum Gasteiger partial charge on any atom is -0.302 e. The van der Waals surface area contributed by atoms with Crippen molar-refractivity contribution in [2.24, 2.45) is 0 Å². The van der Waals surface area contributed by atoms with Crippen LogP contribution in [0.1, 0.15) is 46.0 Å². The molecule has 1 N–H and O–H groups in total. The van der Waals surface area contributed by atoms with Crippen molar-refractivity contribution in [1.29, 1.82) is 0 Å². The van der Waals surface area contributed by atoms with Crippen LogP contribution < -0.4 is 5.32 Å². The second-order valence-electron chi connectivity index (χ2n) is 5.59. The lowest BCUT2D eigenvalue weighted by atomic mass is 10.1. The average Bonchev–Trinajstić information content (AvgIpc) is 2.94. The van der Waals surface area contributed by atoms with Gasteiger partial charge in [0.25, 0.3) is 0 Å². The van der Waals surface area contributed by atoms with E-state index in [9.17, 15) is 9.59 Å². The molecule has 0 aromatic rings. The second-order valence-corrected chi connectivity index (χ2v) is 6.67. The number of nitrogens with one attached hydrogen (secondary N) is 1. The Morgan fingerprint density at radius 3 is 2.79 bits per heavy atom. The second kappa shape index (κ2) is 6.27. The zero-order chi connectivity index (χ0) is 14.0. The Morgan fingerprint density at radius 1 is 1.42 bits per heavy atom. The maximum absolute atomic E-state index is 12.3. The first-order valence-electron chi connectivity index (χ1n) is 7.23. The molecule has 0 aromatic heterocycles. The summed E-state index contributed by atoms with van der Waals surface area (Å²) in [5, 5.41) is 4.02. The molecule has 0 bridgehead atoms. The van der Waals surface area contributed by atoms with Crippen molar-refractivity contribution in [3.05, 3.63) is 0 Å². The Morgan fingerprint density at radius 2 is 2.16 bits per heavy atom. The zero-order valence-corrected chi connectivity index (χ0v) is 12.8. The molecule has 2 amide bonds. The molecule has 0 aromatic carbocycles. The highest BCUT2D eigenvalue weighted by atomic mass is 32.2. The number of nitrogens with zero attached hydrogens (tertiary/aromatic N) is 1. The summed E-state index contributed by atoms with van der Waals surface area (Å²) >= 11 is 1.87. The van der Waals surface area contributed by atoms with Crippen molar-refractivity contribution in [1.82, 2.24) is 10.2 Å². The Bertz CT molecular complexity index is 361. The number of carbonyl (C=O) groups excluding carboxylic acids is 2. The molecule has 19 heavy (non-hydrogen) atoms. The lowest BCUT2D eigenvalue weighted by molar-refractivity contribution is -0.141. The summed E-state index contributed by atoms with van der Waals surface area (Å²) in [5.74, 6) is -0.0401. The summed E-state index contributed by atoms with van der Waals surface area (Å²) < 4.78 is 0. The van der Waals surface area contributed by atoms with Crippen LogP contribution in [0, 0.1) is 0 Å². The first kappa shape index (κ1) is 14.9. The van der Waals surface area contributed by atoms with Gasteiger partial charge in [0.2, 0.25) is 11.8 Å². The molecule has 1 saturated heterocycles. The van der Waals surface area contributed by atoms with Gasteiger partial charge < -0.3 is 5.32 Å². The van der Waals surface area contributed by atoms with Crippen LogP contribution in [0.15, 0.2) is 0 Å². The van der Waals surface area contributed by atoms with Gasteiger partial charge in [-0.25, -0.2) is 0 Å². The Hall–Kier alpha value is -0.550. The lowest BCUT2D eigenvalue weighted by Crippen LogP contribution is -2.47. The molecule has 0 spiro atoms. The summed E-state index contributed by atoms with van der Waals surface area (Å²) in [5.41, 5.74) is 0. The number of imide groups is 1. The van der Waals surface area contributed by atoms with E-state index in [1.165, 1.54) is 17.7 Å². The SMILES string of the molecule is CCC(C)N1C(=O)CC(NC2CCCC2SC)C1=O. The van der Waals surface area contributed by atoms with E-state index in [0.29, 0.717) is 17.7 Å². The number of hydrogen-bond acceptors (Lipinski definition) is 4. The third-order valence-electron chi connectivity index (χ3n) is 4.39. The Kier molecular flexibility index (Phi) is 4.90. The van der Waals surface area contributed by atoms with Crippen LogP contribution >= 0.6 is 11.8 Å². The number of amides is 2. The standard InChI is InChI=1S/C14H24N2O2S/c1-4-9(2)16-13(17)8-11(14(16)18)15-10-6-5-7-12(10)19-3/h9-12,15H,4-8H2,1-3H3. The van der Waals surface area contributed by atoms with Crippen molar-refractivity contribution in [2.75, 3.05) is 6.26 Å². The quantitative estimate of drug-likeness (QED) is 0.782. The molecule has 4 atom stereocenters. The van der Waals surface area contributed by atoms with E-state index >= 15 is 0 Å². The summed E-state index contributed by atoms with van der Waals surface area (Å²) in [6.07, 6.45) is 6.82. The smallest absolute Gasteiger partial charge is 0.247 e. The number of thioether (sulfide) groups is 1. The molecule has 108 valence electrons. The molecule has 2 fully saturated rings. The molecule has 1 heterocycles. The Balaban J connectivity index is 1.99. The zero-order valence-electron chi connectivity index (χ0n) is 12.0. The van der Waals surface area contributed by atoms with E-state index in [4.69, 9.17) is 0 Å². The molecule has 5 heteroatoms. The third-order valence-corrected chi connectivity index (χ3v) is 5.55. The fourth-order valence-corrected chi connectivity index (χ4v) is 4.03. The van der Waals surface area contributed by atoms with Gasteiger partial charge in [-0.05, 0) is 32.4 Å². The summed E-state index contributed by atoms with van der Waals surface area (Å²) in [6.45, 7) is 3.95. The van der Waals surface area contributed by atoms with Crippen LogP contribution in [0.3, 0.4) is 0 Å². The van der Waals surface area contributed by atoms with Gasteiger partial charge in [-0.2, -0.15) is 11.8 Å². The fourth-order valence-electron chi connectivity index (χ4n) is 3.08. The van der Waals surface area contributed by atoms with Crippen molar-refractivity contribution >= 4 is 23.6 Å². The predicted octanol–water partition coefficient (Wildman–Crippen LogP) is 1.79. The van der Waals surface area contributed by atoms with Crippen LogP contribution in [0.5, 0.6) is 0 Å². The number of rotatable bonds is 5. The molecule has 1 saturated carbocycles. The van der Waals surface area contributed by atoms with Crippen LogP contribution in [0.4, 0.5) is 0 Å². The van der Waals surface area contributed by atoms with E-state index in [1.807, 2.05) is 25.6 Å². The molecular weight excluding hydrogens is 260 g/mol. The molecule has 0 radical (unpaired) electrons. The van der Waals surface area contributed by atoms with Crippen molar-refractivity contribution < 1.29 is 9.59 Å². The topological polar surface area (TPSA) is 49.4 Å². The normalized spacial score (nSPS) is 33.2. The summed E-state index contributed by atoms with van der Waals surface area (Å²) in [7, 11) is 0. The van der Waals surface area contributed by atoms with Gasteiger partial charge in [0.1, 0.15) is 0 Å². The van der Waals surface area contributed by atoms with E-state index in [2.05, 4.69) is 11.6 Å². The predicted molar refractivity (Wildman–Crippen MR) is 78.1 cm³/mol. The van der Waals surface area contributed by atoms with Crippen molar-refractivity contribution in [2.45, 2.75) is 69.3 Å². The molecule has 2 rings (SSSR count). The minimum atomic E-state index is -0.292. The van der Waals surface area contributed by atoms with Crippen molar-refractivity contribution in [3.63, 3.8) is 0 Å². The number of carbonyl (C=O) groups is 2. The minimum absolute atomic E-state index is 0.0180. The first-order chi connectivity index (χ1) is 9.08. The molecule has 4 unspecified atom stereocenters. The van der Waals surface area contributed by atoms with E-state index < -0.39 is 0 Å². The van der Waals surface area contributed by atoms with Gasteiger partial charge in [0.05, 0.1) is 12.5 Å². The van der Waals surface area contributed by atoms with Gasteiger partial charge in [0, 0.05) is 17.3 Å². The molecule has 1 aliphatic carbocycles. The highest BCUT2D eigenvalue weighted by Crippen LogP contribution is 2.30. The van der Waals surface area contributed by atoms with E-state index in [-0.39, 0.29) is 23.9 Å². The maximum Gasteiger partial charge on any atom is 0.247 e. The van der Waals surface area contributed by atoms with Gasteiger partial charge >= 0.3 is 0 Å².